The van der Waals surface area contributed by atoms with Crippen LogP contribution in [0.3, 0.4) is 0 Å². The predicted molar refractivity (Wildman–Crippen MR) is 48.3 cm³/mol. The highest BCUT2D eigenvalue weighted by Crippen LogP contribution is 2.39. The van der Waals surface area contributed by atoms with Gasteiger partial charge in [-0.15, -0.1) is 0 Å². The number of fused-ring (bicyclic) bond motifs is 2. The van der Waals surface area contributed by atoms with Gasteiger partial charge < -0.3 is 0 Å². The summed E-state index contributed by atoms with van der Waals surface area (Å²) in [6.45, 7) is 4.57. The molecule has 0 amide bonds. The van der Waals surface area contributed by atoms with Crippen molar-refractivity contribution in [2.45, 2.75) is 33.1 Å². The van der Waals surface area contributed by atoms with Crippen molar-refractivity contribution in [3.63, 3.8) is 0 Å². The van der Waals surface area contributed by atoms with Gasteiger partial charge in [0.1, 0.15) is 0 Å². The maximum atomic E-state index is 2.44. The van der Waals surface area contributed by atoms with E-state index in [-0.39, 0.29) is 0 Å². The molecule has 11 heavy (non-hydrogen) atoms. The molecule has 0 spiro atoms. The third kappa shape index (κ3) is 1.15. The highest BCUT2D eigenvalue weighted by atomic mass is 14.3. The van der Waals surface area contributed by atoms with Crippen molar-refractivity contribution < 1.29 is 0 Å². The molecule has 0 aromatic heterocycles. The van der Waals surface area contributed by atoms with E-state index in [1.807, 2.05) is 0 Å². The van der Waals surface area contributed by atoms with Crippen LogP contribution >= 0.6 is 0 Å². The summed E-state index contributed by atoms with van der Waals surface area (Å²) in [4.78, 5) is 0. The van der Waals surface area contributed by atoms with Gasteiger partial charge >= 0.3 is 0 Å². The Balaban J connectivity index is 2.24. The van der Waals surface area contributed by atoms with Gasteiger partial charge in [-0.1, -0.05) is 23.3 Å². The molecule has 2 rings (SSSR count). The fourth-order valence-electron chi connectivity index (χ4n) is 2.27. The van der Waals surface area contributed by atoms with Gasteiger partial charge in [-0.2, -0.15) is 0 Å². The van der Waals surface area contributed by atoms with Crippen molar-refractivity contribution in [2.24, 2.45) is 11.8 Å². The number of hydrogen-bond acceptors (Lipinski definition) is 0. The number of allylic oxidation sites excluding steroid dienone is 4. The zero-order chi connectivity index (χ0) is 7.84. The van der Waals surface area contributed by atoms with E-state index in [0.29, 0.717) is 0 Å². The zero-order valence-corrected chi connectivity index (χ0v) is 7.43. The van der Waals surface area contributed by atoms with E-state index in [1.54, 1.807) is 11.1 Å². The van der Waals surface area contributed by atoms with Crippen LogP contribution in [0.2, 0.25) is 0 Å². The van der Waals surface area contributed by atoms with Crippen LogP contribution in [-0.2, 0) is 0 Å². The Morgan fingerprint density at radius 1 is 1.00 bits per heavy atom. The standard InChI is InChI=1S/C11H16/c1-8-3-5-11-7-10(8)6-4-9(11)2/h3-4,10-11H,5-7H2,1-2H3/t10-,11?/m1/s1. The molecule has 0 heterocycles. The second-order valence-corrected chi connectivity index (χ2v) is 4.00. The lowest BCUT2D eigenvalue weighted by molar-refractivity contribution is 0.402. The Labute approximate surface area is 69.0 Å². The Kier molecular flexibility index (Phi) is 1.63. The summed E-state index contributed by atoms with van der Waals surface area (Å²) in [7, 11) is 0. The van der Waals surface area contributed by atoms with Crippen molar-refractivity contribution >= 4 is 0 Å². The van der Waals surface area contributed by atoms with E-state index < -0.39 is 0 Å². The van der Waals surface area contributed by atoms with Crippen molar-refractivity contribution in [3.8, 4) is 0 Å². The average molecular weight is 148 g/mol. The lowest BCUT2D eigenvalue weighted by Crippen LogP contribution is -2.19. The summed E-state index contributed by atoms with van der Waals surface area (Å²) in [5.41, 5.74) is 3.26. The van der Waals surface area contributed by atoms with Crippen LogP contribution in [0.15, 0.2) is 23.3 Å². The molecule has 0 N–H and O–H groups in total. The molecule has 0 aromatic carbocycles. The minimum atomic E-state index is 0.887. The van der Waals surface area contributed by atoms with E-state index in [9.17, 15) is 0 Å². The van der Waals surface area contributed by atoms with Crippen molar-refractivity contribution in [1.29, 1.82) is 0 Å². The van der Waals surface area contributed by atoms with Gasteiger partial charge in [-0.25, -0.2) is 0 Å². The van der Waals surface area contributed by atoms with Gasteiger partial charge in [0.2, 0.25) is 0 Å². The fourth-order valence-corrected chi connectivity index (χ4v) is 2.27. The van der Waals surface area contributed by atoms with Crippen LogP contribution in [0.1, 0.15) is 33.1 Å². The van der Waals surface area contributed by atoms with Crippen LogP contribution in [0.4, 0.5) is 0 Å². The molecule has 2 aliphatic carbocycles. The predicted octanol–water partition coefficient (Wildman–Crippen LogP) is 3.31. The lowest BCUT2D eigenvalue weighted by Gasteiger charge is -2.32. The zero-order valence-electron chi connectivity index (χ0n) is 7.43. The minimum Gasteiger partial charge on any atom is -0.0847 e. The molecule has 2 bridgehead atoms. The van der Waals surface area contributed by atoms with Gasteiger partial charge in [0.15, 0.2) is 0 Å². The Morgan fingerprint density at radius 3 is 1.91 bits per heavy atom. The molecule has 2 atom stereocenters. The minimum absolute atomic E-state index is 0.887. The lowest BCUT2D eigenvalue weighted by atomic mass is 9.73. The summed E-state index contributed by atoms with van der Waals surface area (Å²) in [5, 5.41) is 0. The van der Waals surface area contributed by atoms with E-state index in [1.165, 1.54) is 19.3 Å². The summed E-state index contributed by atoms with van der Waals surface area (Å²) >= 11 is 0. The first kappa shape index (κ1) is 7.15. The summed E-state index contributed by atoms with van der Waals surface area (Å²) in [6.07, 6.45) is 8.89. The van der Waals surface area contributed by atoms with Crippen LogP contribution < -0.4 is 0 Å². The van der Waals surface area contributed by atoms with Gasteiger partial charge in [-0.3, -0.25) is 0 Å². The maximum Gasteiger partial charge on any atom is -0.0166 e. The summed E-state index contributed by atoms with van der Waals surface area (Å²) in [6, 6.07) is 0. The molecule has 0 aliphatic heterocycles. The average Bonchev–Trinajstić information content (AvgIpc) is 2.02. The third-order valence-electron chi connectivity index (χ3n) is 3.31. The van der Waals surface area contributed by atoms with E-state index in [4.69, 9.17) is 0 Å². The molecule has 1 unspecified atom stereocenters. The van der Waals surface area contributed by atoms with Crippen LogP contribution in [0.25, 0.3) is 0 Å². The van der Waals surface area contributed by atoms with E-state index in [2.05, 4.69) is 26.0 Å². The topological polar surface area (TPSA) is 0 Å². The van der Waals surface area contributed by atoms with Gasteiger partial charge in [0.05, 0.1) is 0 Å². The van der Waals surface area contributed by atoms with E-state index in [0.717, 1.165) is 11.8 Å². The SMILES string of the molecule is CC1=CC[C@@H]2CC1CC=C2C. The largest absolute Gasteiger partial charge is 0.0847 e. The Hall–Kier alpha value is -0.520. The maximum absolute atomic E-state index is 2.44. The number of rotatable bonds is 0. The Morgan fingerprint density at radius 2 is 1.45 bits per heavy atom. The summed E-state index contributed by atoms with van der Waals surface area (Å²) in [5.74, 6) is 1.77. The second-order valence-electron chi connectivity index (χ2n) is 4.00. The van der Waals surface area contributed by atoms with Crippen molar-refractivity contribution in [2.75, 3.05) is 0 Å². The van der Waals surface area contributed by atoms with Crippen molar-refractivity contribution in [1.82, 2.24) is 0 Å². The quantitative estimate of drug-likeness (QED) is 0.462. The smallest absolute Gasteiger partial charge is 0.0166 e. The molecule has 0 saturated heterocycles. The fraction of sp³-hybridized carbons (Fsp3) is 0.636. The molecule has 0 nitrogen and oxygen atoms in total. The van der Waals surface area contributed by atoms with Gasteiger partial charge in [0, 0.05) is 0 Å². The van der Waals surface area contributed by atoms with Crippen LogP contribution in [0.5, 0.6) is 0 Å². The molecule has 0 heteroatoms. The molecular weight excluding hydrogens is 132 g/mol. The van der Waals surface area contributed by atoms with Crippen molar-refractivity contribution in [3.05, 3.63) is 23.3 Å². The molecule has 0 radical (unpaired) electrons. The number of hydrogen-bond donors (Lipinski definition) is 0. The highest BCUT2D eigenvalue weighted by Gasteiger charge is 2.25. The first-order valence-electron chi connectivity index (χ1n) is 4.60. The molecular formula is C11H16. The van der Waals surface area contributed by atoms with Gasteiger partial charge in [-0.05, 0) is 44.9 Å². The van der Waals surface area contributed by atoms with Crippen LogP contribution in [-0.4, -0.2) is 0 Å². The van der Waals surface area contributed by atoms with Crippen LogP contribution in [0, 0.1) is 11.8 Å². The first-order chi connectivity index (χ1) is 5.27. The van der Waals surface area contributed by atoms with Gasteiger partial charge in [0.25, 0.3) is 0 Å². The molecule has 0 fully saturated rings. The molecule has 0 saturated carbocycles. The second kappa shape index (κ2) is 2.51. The van der Waals surface area contributed by atoms with E-state index >= 15 is 0 Å². The summed E-state index contributed by atoms with van der Waals surface area (Å²) < 4.78 is 0. The normalized spacial score (nSPS) is 36.2. The Bertz CT molecular complexity index is 196. The monoisotopic (exact) mass is 148 g/mol. The first-order valence-corrected chi connectivity index (χ1v) is 4.60. The molecule has 0 aromatic rings. The molecule has 2 aliphatic rings. The molecule has 60 valence electrons. The third-order valence-corrected chi connectivity index (χ3v) is 3.31. The highest BCUT2D eigenvalue weighted by molar-refractivity contribution is 5.20.